The maximum atomic E-state index is 13.4. The summed E-state index contributed by atoms with van der Waals surface area (Å²) < 4.78 is 34.4. The number of aliphatic hydroxyl groups excluding tert-OH is 11. The highest BCUT2D eigenvalue weighted by atomic mass is 16.8. The molecular weight excluding hydrogens is 1190 g/mol. The van der Waals surface area contributed by atoms with Crippen LogP contribution in [0.25, 0.3) is 0 Å². The van der Waals surface area contributed by atoms with E-state index in [9.17, 15) is 61.0 Å². The Balaban J connectivity index is 1.38. The average Bonchev–Trinajstić information content (AvgIpc) is 0.900. The standard InChI is InChI=1S/C74H133NO18/c1-3-5-7-9-11-13-15-17-19-21-22-23-24-25-26-27-28-29-30-31-32-33-34-36-38-40-42-44-46-48-50-52-62(80)75-57(58(79)51-49-47-45-43-41-39-37-35-20-18-16-14-12-10-8-6-4-2)56-88-72-68(86)65(83)70(60(54-77)90-72)93-74-69(87)66(84)71(61(55-78)91-74)92-73-67(85)64(82)63(81)59(53-76)89-73/h5,7,11,13,17,19,22-23,49,51,57-61,63-74,76-79,81-87H,3-4,6,8-10,12,14-16,18,20-21,24-48,50,52-56H2,1-2H3,(H,75,80)/b7-5-,13-11-,19-17-,23-22-,51-49+. The second-order valence-corrected chi connectivity index (χ2v) is 26.4. The maximum Gasteiger partial charge on any atom is 0.220 e. The summed E-state index contributed by atoms with van der Waals surface area (Å²) in [7, 11) is 0. The van der Waals surface area contributed by atoms with Crippen LogP contribution in [0.5, 0.6) is 0 Å². The fourth-order valence-corrected chi connectivity index (χ4v) is 12.4. The third-order valence-electron chi connectivity index (χ3n) is 18.3. The minimum Gasteiger partial charge on any atom is -0.394 e. The maximum absolute atomic E-state index is 13.4. The number of carbonyl (C=O) groups excluding carboxylic acids is 1. The van der Waals surface area contributed by atoms with E-state index in [1.807, 2.05) is 6.08 Å². The zero-order valence-corrected chi connectivity index (χ0v) is 57.5. The Kier molecular flexibility index (Phi) is 50.4. The van der Waals surface area contributed by atoms with Crippen LogP contribution in [0.3, 0.4) is 0 Å². The number of allylic oxidation sites excluding steroid dienone is 9. The molecule has 0 aromatic rings. The summed E-state index contributed by atoms with van der Waals surface area (Å²) >= 11 is 0. The van der Waals surface area contributed by atoms with Crippen LogP contribution in [0.15, 0.2) is 60.8 Å². The van der Waals surface area contributed by atoms with Gasteiger partial charge in [-0.1, -0.05) is 267 Å². The molecule has 0 aromatic heterocycles. The van der Waals surface area contributed by atoms with Gasteiger partial charge in [0, 0.05) is 6.42 Å². The van der Waals surface area contributed by atoms with Gasteiger partial charge in [0.2, 0.25) is 5.91 Å². The van der Waals surface area contributed by atoms with Crippen LogP contribution >= 0.6 is 0 Å². The molecule has 12 N–H and O–H groups in total. The van der Waals surface area contributed by atoms with Gasteiger partial charge in [0.05, 0.1) is 38.6 Å². The fourth-order valence-electron chi connectivity index (χ4n) is 12.4. The predicted octanol–water partition coefficient (Wildman–Crippen LogP) is 10.7. The molecule has 19 heteroatoms. The number of ether oxygens (including phenoxy) is 6. The van der Waals surface area contributed by atoms with Crippen molar-refractivity contribution in [1.82, 2.24) is 5.32 Å². The lowest BCUT2D eigenvalue weighted by Crippen LogP contribution is -2.66. The van der Waals surface area contributed by atoms with E-state index in [1.165, 1.54) is 173 Å². The van der Waals surface area contributed by atoms with Gasteiger partial charge in [0.25, 0.3) is 0 Å². The lowest BCUT2D eigenvalue weighted by Gasteiger charge is -2.48. The normalized spacial score (nSPS) is 27.9. The molecule has 1 amide bonds. The zero-order chi connectivity index (χ0) is 67.5. The first-order valence-corrected chi connectivity index (χ1v) is 37.0. The molecule has 93 heavy (non-hydrogen) atoms. The van der Waals surface area contributed by atoms with Gasteiger partial charge in [-0.25, -0.2) is 0 Å². The largest absolute Gasteiger partial charge is 0.394 e. The Morgan fingerprint density at radius 2 is 0.742 bits per heavy atom. The van der Waals surface area contributed by atoms with Gasteiger partial charge >= 0.3 is 0 Å². The Bertz CT molecular complexity index is 1920. The van der Waals surface area contributed by atoms with Crippen LogP contribution in [-0.4, -0.2) is 193 Å². The topological polar surface area (TPSA) is 307 Å². The second kappa shape index (κ2) is 55.4. The molecule has 3 fully saturated rings. The van der Waals surface area contributed by atoms with Crippen molar-refractivity contribution in [3.05, 3.63) is 60.8 Å². The number of carbonyl (C=O) groups is 1. The molecule has 17 atom stereocenters. The van der Waals surface area contributed by atoms with E-state index < -0.39 is 124 Å². The van der Waals surface area contributed by atoms with E-state index >= 15 is 0 Å². The molecular formula is C74H133NO18. The molecule has 0 spiro atoms. The summed E-state index contributed by atoms with van der Waals surface area (Å²) in [5.74, 6) is -0.273. The quantitative estimate of drug-likeness (QED) is 0.0199. The number of unbranched alkanes of at least 4 members (excludes halogenated alkanes) is 33. The Labute approximate surface area is 560 Å². The Morgan fingerprint density at radius 1 is 0.398 bits per heavy atom. The van der Waals surface area contributed by atoms with E-state index in [0.29, 0.717) is 6.42 Å². The predicted molar refractivity (Wildman–Crippen MR) is 365 cm³/mol. The van der Waals surface area contributed by atoms with Crippen LogP contribution in [0.1, 0.15) is 271 Å². The molecule has 19 nitrogen and oxygen atoms in total. The van der Waals surface area contributed by atoms with E-state index in [-0.39, 0.29) is 18.9 Å². The van der Waals surface area contributed by atoms with Crippen molar-refractivity contribution in [2.24, 2.45) is 0 Å². The molecule has 3 rings (SSSR count). The smallest absolute Gasteiger partial charge is 0.220 e. The first-order valence-electron chi connectivity index (χ1n) is 37.0. The third kappa shape index (κ3) is 36.8. The highest BCUT2D eigenvalue weighted by Crippen LogP contribution is 2.33. The van der Waals surface area contributed by atoms with Crippen LogP contribution in [0.2, 0.25) is 0 Å². The van der Waals surface area contributed by atoms with Crippen molar-refractivity contribution in [3.8, 4) is 0 Å². The summed E-state index contributed by atoms with van der Waals surface area (Å²) in [6.07, 6.45) is 42.0. The molecule has 3 aliphatic heterocycles. The minimum absolute atomic E-state index is 0.244. The van der Waals surface area contributed by atoms with Gasteiger partial charge in [-0.05, 0) is 57.8 Å². The average molecular weight is 1320 g/mol. The minimum atomic E-state index is -1.98. The van der Waals surface area contributed by atoms with Crippen molar-refractivity contribution in [2.45, 2.75) is 375 Å². The summed E-state index contributed by atoms with van der Waals surface area (Å²) in [6.45, 7) is 1.64. The number of rotatable bonds is 57. The Morgan fingerprint density at radius 3 is 1.16 bits per heavy atom. The van der Waals surface area contributed by atoms with Crippen molar-refractivity contribution >= 4 is 5.91 Å². The lowest BCUT2D eigenvalue weighted by molar-refractivity contribution is -0.379. The van der Waals surface area contributed by atoms with Gasteiger partial charge in [-0.3, -0.25) is 4.79 Å². The van der Waals surface area contributed by atoms with Gasteiger partial charge in [0.15, 0.2) is 18.9 Å². The molecule has 0 aliphatic carbocycles. The van der Waals surface area contributed by atoms with Crippen molar-refractivity contribution in [1.29, 1.82) is 0 Å². The fraction of sp³-hybridized carbons (Fsp3) is 0.851. The number of nitrogens with one attached hydrogen (secondary N) is 1. The summed E-state index contributed by atoms with van der Waals surface area (Å²) in [5, 5.41) is 121. The molecule has 0 aromatic carbocycles. The third-order valence-corrected chi connectivity index (χ3v) is 18.3. The molecule has 0 saturated carbocycles. The van der Waals surface area contributed by atoms with Gasteiger partial charge in [-0.2, -0.15) is 0 Å². The molecule has 542 valence electrons. The Hall–Kier alpha value is -2.51. The van der Waals surface area contributed by atoms with E-state index in [4.69, 9.17) is 28.4 Å². The molecule has 0 bridgehead atoms. The van der Waals surface area contributed by atoms with Crippen LogP contribution in [0.4, 0.5) is 0 Å². The number of hydrogen-bond donors (Lipinski definition) is 12. The lowest BCUT2D eigenvalue weighted by atomic mass is 9.96. The van der Waals surface area contributed by atoms with Crippen LogP contribution in [-0.2, 0) is 33.2 Å². The summed E-state index contributed by atoms with van der Waals surface area (Å²) in [6, 6.07) is -0.974. The van der Waals surface area contributed by atoms with Gasteiger partial charge < -0.3 is 89.9 Å². The molecule has 3 aliphatic rings. The SMILES string of the molecule is CC/C=C\C/C=C\C/C=C\C/C=C\CCCCCCCCCCCCCCCCCCCCC(=O)NC(COC1OC(CO)C(OC2OC(CO)C(OC3OC(CO)C(O)C(O)C3O)C(O)C2O)C(O)C1O)C(O)/C=C/CCCCCCCCCCCCCCCCC. The van der Waals surface area contributed by atoms with E-state index in [0.717, 1.165) is 70.6 Å². The van der Waals surface area contributed by atoms with Crippen molar-refractivity contribution in [3.63, 3.8) is 0 Å². The molecule has 3 heterocycles. The number of hydrogen-bond acceptors (Lipinski definition) is 18. The zero-order valence-electron chi connectivity index (χ0n) is 57.5. The highest BCUT2D eigenvalue weighted by Gasteiger charge is 2.53. The number of aliphatic hydroxyl groups is 11. The van der Waals surface area contributed by atoms with Crippen LogP contribution < -0.4 is 5.32 Å². The van der Waals surface area contributed by atoms with Gasteiger partial charge in [-0.15, -0.1) is 0 Å². The molecule has 17 unspecified atom stereocenters. The summed E-state index contributed by atoms with van der Waals surface area (Å²) in [4.78, 5) is 13.4. The highest BCUT2D eigenvalue weighted by molar-refractivity contribution is 5.76. The van der Waals surface area contributed by atoms with Crippen molar-refractivity contribution in [2.75, 3.05) is 26.4 Å². The molecule has 3 saturated heterocycles. The van der Waals surface area contributed by atoms with E-state index in [1.54, 1.807) is 6.08 Å². The number of amides is 1. The monoisotopic (exact) mass is 1320 g/mol. The first-order chi connectivity index (χ1) is 45.3. The summed E-state index contributed by atoms with van der Waals surface area (Å²) in [5.41, 5.74) is 0. The van der Waals surface area contributed by atoms with E-state index in [2.05, 4.69) is 67.8 Å². The van der Waals surface area contributed by atoms with Gasteiger partial charge in [0.1, 0.15) is 73.2 Å². The second-order valence-electron chi connectivity index (χ2n) is 26.4. The van der Waals surface area contributed by atoms with Crippen molar-refractivity contribution < 1.29 is 89.4 Å². The molecule has 0 radical (unpaired) electrons. The van der Waals surface area contributed by atoms with Crippen LogP contribution in [0, 0.1) is 0 Å². The first kappa shape index (κ1) is 84.7.